The molecule has 308 valence electrons. The van der Waals surface area contributed by atoms with E-state index in [9.17, 15) is 36.2 Å². The molecule has 0 radical (unpaired) electrons. The van der Waals surface area contributed by atoms with Gasteiger partial charge >= 0.3 is 30.3 Å². The fourth-order valence-corrected chi connectivity index (χ4v) is 5.78. The van der Waals surface area contributed by atoms with Gasteiger partial charge in [0.2, 0.25) is 5.91 Å². The smallest absolute Gasteiger partial charge is 0.490 e. The van der Waals surface area contributed by atoms with Crippen molar-refractivity contribution in [2.45, 2.75) is 38.3 Å². The van der Waals surface area contributed by atoms with E-state index in [0.29, 0.717) is 38.7 Å². The molecule has 2 aromatic carbocycles. The molecule has 0 spiro atoms. The highest BCUT2D eigenvalue weighted by molar-refractivity contribution is 5.95. The summed E-state index contributed by atoms with van der Waals surface area (Å²) in [5.74, 6) is -4.30. The van der Waals surface area contributed by atoms with Crippen molar-refractivity contribution in [1.29, 1.82) is 0 Å². The minimum Gasteiger partial charge on any atom is -0.508 e. The number of phenolic OH excluding ortho intramolecular Hbond substituents is 1. The van der Waals surface area contributed by atoms with Gasteiger partial charge in [0.05, 0.1) is 12.2 Å². The number of nitrogens with zero attached hydrogens (tertiary/aromatic N) is 7. The molecule has 1 aromatic heterocycles. The number of aliphatic carboxylic acids is 2. The van der Waals surface area contributed by atoms with Crippen LogP contribution in [0.5, 0.6) is 11.8 Å². The van der Waals surface area contributed by atoms with Gasteiger partial charge in [0.15, 0.2) is 0 Å². The Morgan fingerprint density at radius 1 is 0.875 bits per heavy atom. The zero-order valence-corrected chi connectivity index (χ0v) is 31.4. The number of amides is 1. The van der Waals surface area contributed by atoms with Crippen LogP contribution < -0.4 is 14.5 Å². The van der Waals surface area contributed by atoms with E-state index in [1.54, 1.807) is 12.1 Å². The van der Waals surface area contributed by atoms with Crippen LogP contribution in [0.15, 0.2) is 48.6 Å². The Morgan fingerprint density at radius 3 is 2.02 bits per heavy atom. The van der Waals surface area contributed by atoms with Gasteiger partial charge in [-0.1, -0.05) is 30.3 Å². The summed E-state index contributed by atoms with van der Waals surface area (Å²) in [5.41, 5.74) is 3.07. The van der Waals surface area contributed by atoms with Crippen molar-refractivity contribution in [1.82, 2.24) is 24.7 Å². The van der Waals surface area contributed by atoms with E-state index in [0.717, 1.165) is 59.6 Å². The number of rotatable bonds is 9. The molecule has 1 atom stereocenters. The summed E-state index contributed by atoms with van der Waals surface area (Å²) in [6.07, 6.45) is -5.88. The molecule has 3 N–H and O–H groups in total. The molecule has 14 nitrogen and oxygen atoms in total. The zero-order valence-electron chi connectivity index (χ0n) is 31.4. The van der Waals surface area contributed by atoms with Crippen molar-refractivity contribution in [3.05, 3.63) is 59.8 Å². The lowest BCUT2D eigenvalue weighted by molar-refractivity contribution is -0.193. The first-order chi connectivity index (χ1) is 26.1. The summed E-state index contributed by atoms with van der Waals surface area (Å²) in [6, 6.07) is 12.2. The second-order valence-electron chi connectivity index (χ2n) is 13.4. The first-order valence-corrected chi connectivity index (χ1v) is 17.2. The fraction of sp³-hybridized carbons (Fsp3) is 0.472. The van der Waals surface area contributed by atoms with Crippen LogP contribution in [-0.4, -0.2) is 150 Å². The molecule has 1 amide bonds. The number of hydrogen-bond donors (Lipinski definition) is 3. The number of piperazine rings is 1. The first kappa shape index (κ1) is 45.0. The van der Waals surface area contributed by atoms with Gasteiger partial charge in [0, 0.05) is 74.6 Å². The van der Waals surface area contributed by atoms with Crippen LogP contribution in [0.3, 0.4) is 0 Å². The van der Waals surface area contributed by atoms with Gasteiger partial charge in [-0.15, -0.1) is 0 Å². The standard InChI is InChI=1S/C32H43N7O3.2C2HF3O2/c1-23(21-36(4)5)42-32-33-28-22-39(29-20-25(40)19-24-9-6-7-10-26(24)29)14-12-27(28)31(34-32)38-17-15-37(16-18-38)30(41)11-8-13-35(2)3;2*3-2(4,5)1(6)7/h6-11,19-20,23,40H,12-18,21-22H2,1-5H3;2*(H,6,7)/b11-8+;;. The summed E-state index contributed by atoms with van der Waals surface area (Å²) < 4.78 is 69.7. The number of halogens is 6. The minimum absolute atomic E-state index is 0.0525. The Morgan fingerprint density at radius 2 is 1.46 bits per heavy atom. The maximum atomic E-state index is 12.7. The van der Waals surface area contributed by atoms with Crippen LogP contribution in [0.2, 0.25) is 0 Å². The molecule has 0 bridgehead atoms. The SMILES string of the molecule is CC(CN(C)C)Oc1nc2c(c(N3CCN(C(=O)/C=C/CN(C)C)CC3)n1)CCN(c1cc(O)cc3ccccc13)C2.O=C(O)C(F)(F)F.O=C(O)C(F)(F)F. The third-order valence-corrected chi connectivity index (χ3v) is 8.22. The monoisotopic (exact) mass is 801 g/mol. The molecule has 2 aliphatic heterocycles. The summed E-state index contributed by atoms with van der Waals surface area (Å²) in [4.78, 5) is 51.0. The van der Waals surface area contributed by atoms with Crippen LogP contribution in [0, 0.1) is 0 Å². The summed E-state index contributed by atoms with van der Waals surface area (Å²) in [6.45, 7) is 7.56. The van der Waals surface area contributed by atoms with E-state index in [1.165, 1.54) is 0 Å². The average Bonchev–Trinajstić information content (AvgIpc) is 3.10. The van der Waals surface area contributed by atoms with Crippen molar-refractivity contribution >= 4 is 40.1 Å². The second-order valence-corrected chi connectivity index (χ2v) is 13.4. The van der Waals surface area contributed by atoms with Crippen molar-refractivity contribution in [3.8, 4) is 11.8 Å². The number of benzene rings is 2. The van der Waals surface area contributed by atoms with Crippen molar-refractivity contribution in [2.24, 2.45) is 0 Å². The number of alkyl halides is 6. The van der Waals surface area contributed by atoms with Crippen molar-refractivity contribution < 1.29 is 60.8 Å². The molecule has 20 heteroatoms. The molecule has 56 heavy (non-hydrogen) atoms. The predicted octanol–water partition coefficient (Wildman–Crippen LogP) is 4.26. The van der Waals surface area contributed by atoms with Gasteiger partial charge in [-0.2, -0.15) is 36.3 Å². The summed E-state index contributed by atoms with van der Waals surface area (Å²) in [7, 11) is 8.01. The largest absolute Gasteiger partial charge is 0.508 e. The number of carboxylic acids is 2. The first-order valence-electron chi connectivity index (χ1n) is 17.2. The Balaban J connectivity index is 0.000000512. The highest BCUT2D eigenvalue weighted by atomic mass is 19.4. The van der Waals surface area contributed by atoms with Gasteiger partial charge in [-0.05, 0) is 53.0 Å². The van der Waals surface area contributed by atoms with E-state index >= 15 is 0 Å². The molecular formula is C36H45F6N7O7. The van der Waals surface area contributed by atoms with Crippen molar-refractivity contribution in [2.75, 3.05) is 83.8 Å². The fourth-order valence-electron chi connectivity index (χ4n) is 5.78. The van der Waals surface area contributed by atoms with Gasteiger partial charge in [-0.25, -0.2) is 9.59 Å². The summed E-state index contributed by atoms with van der Waals surface area (Å²) in [5, 5.41) is 26.8. The number of ether oxygens (including phenoxy) is 1. The minimum atomic E-state index is -5.08. The van der Waals surface area contributed by atoms with E-state index in [4.69, 9.17) is 34.5 Å². The molecule has 2 aliphatic rings. The molecule has 1 saturated heterocycles. The molecule has 3 aromatic rings. The predicted molar refractivity (Wildman–Crippen MR) is 195 cm³/mol. The van der Waals surface area contributed by atoms with Crippen LogP contribution in [0.25, 0.3) is 10.8 Å². The normalized spacial score (nSPS) is 15.2. The summed E-state index contributed by atoms with van der Waals surface area (Å²) >= 11 is 0. The lowest BCUT2D eigenvalue weighted by atomic mass is 10.0. The molecule has 1 unspecified atom stereocenters. The molecule has 3 heterocycles. The van der Waals surface area contributed by atoms with E-state index < -0.39 is 24.3 Å². The van der Waals surface area contributed by atoms with E-state index in [2.05, 4.69) is 20.8 Å². The maximum absolute atomic E-state index is 12.7. The Hall–Kier alpha value is -5.37. The lowest BCUT2D eigenvalue weighted by Gasteiger charge is -2.38. The Bertz CT molecular complexity index is 1830. The third kappa shape index (κ3) is 13.4. The molecule has 1 fully saturated rings. The average molecular weight is 802 g/mol. The third-order valence-electron chi connectivity index (χ3n) is 8.22. The quantitative estimate of drug-likeness (QED) is 0.208. The number of likely N-dealkylation sites (N-methyl/N-ethyl adjacent to an activating group) is 2. The number of carbonyl (C=O) groups excluding carboxylic acids is 1. The highest BCUT2D eigenvalue weighted by Gasteiger charge is 2.39. The van der Waals surface area contributed by atoms with Crippen LogP contribution in [0.1, 0.15) is 18.2 Å². The number of hydrogen-bond acceptors (Lipinski definition) is 11. The number of aromatic hydroxyl groups is 1. The maximum Gasteiger partial charge on any atom is 0.490 e. The van der Waals surface area contributed by atoms with Gasteiger partial charge in [0.25, 0.3) is 0 Å². The van der Waals surface area contributed by atoms with E-state index in [1.807, 2.05) is 75.3 Å². The number of aromatic nitrogens is 2. The number of fused-ring (bicyclic) bond motifs is 2. The number of anilines is 2. The van der Waals surface area contributed by atoms with Crippen LogP contribution in [0.4, 0.5) is 37.8 Å². The van der Waals surface area contributed by atoms with Crippen LogP contribution in [-0.2, 0) is 27.3 Å². The molecule has 0 saturated carbocycles. The topological polar surface area (TPSA) is 163 Å². The van der Waals surface area contributed by atoms with Gasteiger partial charge < -0.3 is 44.6 Å². The van der Waals surface area contributed by atoms with Crippen LogP contribution >= 0.6 is 0 Å². The van der Waals surface area contributed by atoms with Crippen molar-refractivity contribution in [3.63, 3.8) is 0 Å². The number of carboxylic acid groups (broad SMARTS) is 2. The van der Waals surface area contributed by atoms with Gasteiger partial charge in [-0.3, -0.25) is 4.79 Å². The lowest BCUT2D eigenvalue weighted by Crippen LogP contribution is -2.49. The molecular weight excluding hydrogens is 756 g/mol. The Labute approximate surface area is 319 Å². The molecule has 5 rings (SSSR count). The second kappa shape index (κ2) is 19.5. The van der Waals surface area contributed by atoms with E-state index in [-0.39, 0.29) is 17.8 Å². The van der Waals surface area contributed by atoms with Gasteiger partial charge in [0.1, 0.15) is 17.7 Å². The highest BCUT2D eigenvalue weighted by Crippen LogP contribution is 2.36. The molecule has 0 aliphatic carbocycles. The number of carbonyl (C=O) groups is 3. The zero-order chi connectivity index (χ0) is 42.0. The Kier molecular flexibility index (Phi) is 15.7. The number of phenols is 1.